The Morgan fingerprint density at radius 1 is 1.53 bits per heavy atom. The predicted octanol–water partition coefficient (Wildman–Crippen LogP) is 2.46. The summed E-state index contributed by atoms with van der Waals surface area (Å²) in [5.74, 6) is 0. The fraction of sp³-hybridized carbons (Fsp3) is 0.462. The van der Waals surface area contributed by atoms with Crippen LogP contribution in [0.1, 0.15) is 30.9 Å². The summed E-state index contributed by atoms with van der Waals surface area (Å²) >= 11 is 6.06. The first-order valence-corrected chi connectivity index (χ1v) is 6.08. The molecular formula is C13H17ClN2O. The maximum atomic E-state index is 8.72. The third-order valence-corrected chi connectivity index (χ3v) is 2.97. The highest BCUT2D eigenvalue weighted by atomic mass is 35.5. The smallest absolute Gasteiger partial charge is 0.0992 e. The van der Waals surface area contributed by atoms with E-state index in [2.05, 4.69) is 18.3 Å². The highest BCUT2D eigenvalue weighted by molar-refractivity contribution is 6.31. The molecule has 0 spiro atoms. The van der Waals surface area contributed by atoms with Gasteiger partial charge in [0.2, 0.25) is 0 Å². The van der Waals surface area contributed by atoms with E-state index in [0.717, 1.165) is 18.4 Å². The summed E-state index contributed by atoms with van der Waals surface area (Å²) < 4.78 is 0. The van der Waals surface area contributed by atoms with Gasteiger partial charge in [-0.05, 0) is 37.5 Å². The Balaban J connectivity index is 2.49. The van der Waals surface area contributed by atoms with Crippen LogP contribution in [0.5, 0.6) is 0 Å². The molecule has 17 heavy (non-hydrogen) atoms. The van der Waals surface area contributed by atoms with Gasteiger partial charge in [0, 0.05) is 24.2 Å². The molecule has 0 fully saturated rings. The molecule has 1 atom stereocenters. The summed E-state index contributed by atoms with van der Waals surface area (Å²) in [7, 11) is 0. The van der Waals surface area contributed by atoms with E-state index in [9.17, 15) is 0 Å². The number of hydrogen-bond donors (Lipinski definition) is 2. The number of nitriles is 1. The van der Waals surface area contributed by atoms with Gasteiger partial charge in [0.1, 0.15) is 0 Å². The van der Waals surface area contributed by atoms with Crippen molar-refractivity contribution in [3.8, 4) is 6.07 Å². The number of halogens is 1. The largest absolute Gasteiger partial charge is 0.396 e. The molecule has 1 aromatic rings. The summed E-state index contributed by atoms with van der Waals surface area (Å²) in [5, 5.41) is 21.4. The number of aliphatic hydroxyl groups is 1. The van der Waals surface area contributed by atoms with E-state index < -0.39 is 0 Å². The Labute approximate surface area is 107 Å². The minimum absolute atomic E-state index is 0.226. The number of rotatable bonds is 6. The van der Waals surface area contributed by atoms with Crippen LogP contribution in [0.15, 0.2) is 18.2 Å². The first-order chi connectivity index (χ1) is 8.17. The van der Waals surface area contributed by atoms with Crippen LogP contribution in [-0.2, 0) is 6.54 Å². The van der Waals surface area contributed by atoms with Gasteiger partial charge < -0.3 is 10.4 Å². The monoisotopic (exact) mass is 252 g/mol. The molecule has 0 aliphatic heterocycles. The van der Waals surface area contributed by atoms with Crippen LogP contribution in [0.3, 0.4) is 0 Å². The van der Waals surface area contributed by atoms with Crippen molar-refractivity contribution >= 4 is 11.6 Å². The molecule has 2 N–H and O–H groups in total. The van der Waals surface area contributed by atoms with Crippen LogP contribution in [0.25, 0.3) is 0 Å². The van der Waals surface area contributed by atoms with Gasteiger partial charge in [-0.2, -0.15) is 5.26 Å². The van der Waals surface area contributed by atoms with Gasteiger partial charge in [0.15, 0.2) is 0 Å². The normalized spacial score (nSPS) is 12.1. The second-order valence-corrected chi connectivity index (χ2v) is 4.47. The Bertz CT molecular complexity index is 401. The zero-order valence-corrected chi connectivity index (χ0v) is 10.7. The third-order valence-electron chi connectivity index (χ3n) is 2.62. The molecule has 0 bridgehead atoms. The molecule has 3 nitrogen and oxygen atoms in total. The van der Waals surface area contributed by atoms with E-state index in [1.165, 1.54) is 0 Å². The van der Waals surface area contributed by atoms with E-state index in [1.54, 1.807) is 12.1 Å². The van der Waals surface area contributed by atoms with Crippen LogP contribution < -0.4 is 5.32 Å². The molecule has 1 unspecified atom stereocenters. The summed E-state index contributed by atoms with van der Waals surface area (Å²) in [6.45, 7) is 2.98. The maximum Gasteiger partial charge on any atom is 0.0992 e. The quantitative estimate of drug-likeness (QED) is 0.818. The number of nitrogens with zero attached hydrogens (tertiary/aromatic N) is 1. The molecule has 4 heteroatoms. The highest BCUT2D eigenvalue weighted by Crippen LogP contribution is 2.17. The molecule has 0 saturated carbocycles. The topological polar surface area (TPSA) is 56.0 Å². The molecule has 0 aliphatic carbocycles. The Kier molecular flexibility index (Phi) is 5.99. The molecule has 0 amide bonds. The van der Waals surface area contributed by atoms with Crippen molar-refractivity contribution in [3.63, 3.8) is 0 Å². The predicted molar refractivity (Wildman–Crippen MR) is 68.8 cm³/mol. The second kappa shape index (κ2) is 7.29. The van der Waals surface area contributed by atoms with Gasteiger partial charge in [-0.3, -0.25) is 0 Å². The fourth-order valence-electron chi connectivity index (χ4n) is 1.54. The zero-order valence-electron chi connectivity index (χ0n) is 9.91. The zero-order chi connectivity index (χ0) is 12.7. The lowest BCUT2D eigenvalue weighted by atomic mass is 10.1. The second-order valence-electron chi connectivity index (χ2n) is 4.07. The van der Waals surface area contributed by atoms with Crippen LogP contribution >= 0.6 is 11.6 Å². The average molecular weight is 253 g/mol. The summed E-state index contributed by atoms with van der Waals surface area (Å²) in [4.78, 5) is 0. The van der Waals surface area contributed by atoms with Crippen molar-refractivity contribution in [1.82, 2.24) is 5.32 Å². The number of benzene rings is 1. The van der Waals surface area contributed by atoms with E-state index in [0.29, 0.717) is 23.2 Å². The van der Waals surface area contributed by atoms with E-state index >= 15 is 0 Å². The summed E-state index contributed by atoms with van der Waals surface area (Å²) in [6.07, 6.45) is 1.74. The minimum Gasteiger partial charge on any atom is -0.396 e. The van der Waals surface area contributed by atoms with Crippen molar-refractivity contribution in [1.29, 1.82) is 5.26 Å². The molecule has 0 heterocycles. The number of aliphatic hydroxyl groups excluding tert-OH is 1. The highest BCUT2D eigenvalue weighted by Gasteiger charge is 2.04. The van der Waals surface area contributed by atoms with E-state index in [4.69, 9.17) is 22.0 Å². The van der Waals surface area contributed by atoms with Gasteiger partial charge in [0.05, 0.1) is 11.6 Å². The van der Waals surface area contributed by atoms with Crippen molar-refractivity contribution in [3.05, 3.63) is 34.3 Å². The van der Waals surface area contributed by atoms with Crippen molar-refractivity contribution < 1.29 is 5.11 Å². The SMILES string of the molecule is CC(CCCO)NCc1ccc(C#N)cc1Cl. The van der Waals surface area contributed by atoms with Crippen molar-refractivity contribution in [2.75, 3.05) is 6.61 Å². The Morgan fingerprint density at radius 3 is 2.88 bits per heavy atom. The lowest BCUT2D eigenvalue weighted by Gasteiger charge is -2.13. The molecule has 0 aromatic heterocycles. The fourth-order valence-corrected chi connectivity index (χ4v) is 1.79. The third kappa shape index (κ3) is 4.74. The molecule has 0 radical (unpaired) electrons. The van der Waals surface area contributed by atoms with E-state index in [-0.39, 0.29) is 6.61 Å². The van der Waals surface area contributed by atoms with Gasteiger partial charge in [-0.25, -0.2) is 0 Å². The summed E-state index contributed by atoms with van der Waals surface area (Å²) in [6, 6.07) is 7.71. The standard InChI is InChI=1S/C13H17ClN2O/c1-10(3-2-6-17)16-9-12-5-4-11(8-15)7-13(12)14/h4-5,7,10,16-17H,2-3,6,9H2,1H3. The van der Waals surface area contributed by atoms with Crippen LogP contribution in [0.2, 0.25) is 5.02 Å². The molecule has 0 aliphatic rings. The first-order valence-electron chi connectivity index (χ1n) is 5.70. The Morgan fingerprint density at radius 2 is 2.29 bits per heavy atom. The molecule has 0 saturated heterocycles. The summed E-state index contributed by atoms with van der Waals surface area (Å²) in [5.41, 5.74) is 1.56. The number of nitrogens with one attached hydrogen (secondary N) is 1. The lowest BCUT2D eigenvalue weighted by molar-refractivity contribution is 0.276. The minimum atomic E-state index is 0.226. The molecule has 1 aromatic carbocycles. The molecule has 1 rings (SSSR count). The van der Waals surface area contributed by atoms with Gasteiger partial charge >= 0.3 is 0 Å². The van der Waals surface area contributed by atoms with Crippen LogP contribution in [0.4, 0.5) is 0 Å². The van der Waals surface area contributed by atoms with Crippen LogP contribution in [0, 0.1) is 11.3 Å². The molecular weight excluding hydrogens is 236 g/mol. The van der Waals surface area contributed by atoms with Gasteiger partial charge in [-0.1, -0.05) is 17.7 Å². The van der Waals surface area contributed by atoms with Gasteiger partial charge in [-0.15, -0.1) is 0 Å². The maximum absolute atomic E-state index is 8.72. The Hall–Kier alpha value is -1.08. The van der Waals surface area contributed by atoms with Crippen molar-refractivity contribution in [2.24, 2.45) is 0 Å². The van der Waals surface area contributed by atoms with Crippen LogP contribution in [-0.4, -0.2) is 17.8 Å². The number of hydrogen-bond acceptors (Lipinski definition) is 3. The first kappa shape index (κ1) is 14.0. The van der Waals surface area contributed by atoms with Crippen molar-refractivity contribution in [2.45, 2.75) is 32.4 Å². The average Bonchev–Trinajstić information content (AvgIpc) is 2.34. The lowest BCUT2D eigenvalue weighted by Crippen LogP contribution is -2.25. The van der Waals surface area contributed by atoms with Gasteiger partial charge in [0.25, 0.3) is 0 Å². The molecule has 92 valence electrons. The van der Waals surface area contributed by atoms with E-state index in [1.807, 2.05) is 6.07 Å².